The molecule has 0 amide bonds. The maximum absolute atomic E-state index is 5.55. The van der Waals surface area contributed by atoms with Crippen LogP contribution in [0, 0.1) is 5.92 Å². The summed E-state index contributed by atoms with van der Waals surface area (Å²) >= 11 is 0. The summed E-state index contributed by atoms with van der Waals surface area (Å²) in [5, 5.41) is 4.04. The SMILES string of the molecule is CC1CC1c1noc(-c2ccc(CN)cc2)n1. The second kappa shape index (κ2) is 3.96. The molecule has 1 aliphatic carbocycles. The van der Waals surface area contributed by atoms with Gasteiger partial charge in [-0.15, -0.1) is 0 Å². The number of hydrogen-bond donors (Lipinski definition) is 1. The maximum Gasteiger partial charge on any atom is 0.257 e. The molecule has 0 radical (unpaired) electrons. The normalized spacial score (nSPS) is 22.7. The van der Waals surface area contributed by atoms with Crippen LogP contribution in [0.25, 0.3) is 11.5 Å². The average Bonchev–Trinajstić information content (AvgIpc) is 2.92. The van der Waals surface area contributed by atoms with Gasteiger partial charge in [-0.2, -0.15) is 4.98 Å². The van der Waals surface area contributed by atoms with Crippen LogP contribution in [0.2, 0.25) is 0 Å². The van der Waals surface area contributed by atoms with Crippen LogP contribution in [0.15, 0.2) is 28.8 Å². The zero-order chi connectivity index (χ0) is 11.8. The maximum atomic E-state index is 5.55. The van der Waals surface area contributed by atoms with Gasteiger partial charge in [-0.3, -0.25) is 0 Å². The van der Waals surface area contributed by atoms with Gasteiger partial charge in [-0.25, -0.2) is 0 Å². The molecule has 0 spiro atoms. The molecule has 2 atom stereocenters. The zero-order valence-electron chi connectivity index (χ0n) is 9.76. The van der Waals surface area contributed by atoms with Crippen LogP contribution in [0.3, 0.4) is 0 Å². The van der Waals surface area contributed by atoms with Crippen molar-refractivity contribution in [3.8, 4) is 11.5 Å². The molecule has 0 aliphatic heterocycles. The van der Waals surface area contributed by atoms with Crippen molar-refractivity contribution in [2.75, 3.05) is 0 Å². The van der Waals surface area contributed by atoms with Crippen LogP contribution in [0.1, 0.15) is 30.7 Å². The lowest BCUT2D eigenvalue weighted by Crippen LogP contribution is -1.95. The van der Waals surface area contributed by atoms with Gasteiger partial charge in [0.15, 0.2) is 5.82 Å². The fourth-order valence-electron chi connectivity index (χ4n) is 1.97. The Bertz CT molecular complexity index is 518. The van der Waals surface area contributed by atoms with E-state index < -0.39 is 0 Å². The fourth-order valence-corrected chi connectivity index (χ4v) is 1.97. The highest BCUT2D eigenvalue weighted by Gasteiger charge is 2.38. The van der Waals surface area contributed by atoms with Crippen molar-refractivity contribution >= 4 is 0 Å². The van der Waals surface area contributed by atoms with E-state index in [0.29, 0.717) is 24.3 Å². The molecular weight excluding hydrogens is 214 g/mol. The lowest BCUT2D eigenvalue weighted by Gasteiger charge is -1.97. The van der Waals surface area contributed by atoms with Crippen molar-refractivity contribution in [1.82, 2.24) is 10.1 Å². The van der Waals surface area contributed by atoms with Crippen molar-refractivity contribution < 1.29 is 4.52 Å². The van der Waals surface area contributed by atoms with E-state index in [9.17, 15) is 0 Å². The Hall–Kier alpha value is -1.68. The summed E-state index contributed by atoms with van der Waals surface area (Å²) in [6, 6.07) is 7.91. The lowest BCUT2D eigenvalue weighted by atomic mass is 10.1. The first kappa shape index (κ1) is 10.5. The largest absolute Gasteiger partial charge is 0.334 e. The highest BCUT2D eigenvalue weighted by Crippen LogP contribution is 2.45. The number of benzene rings is 1. The quantitative estimate of drug-likeness (QED) is 0.877. The van der Waals surface area contributed by atoms with Crippen LogP contribution in [0.5, 0.6) is 0 Å². The standard InChI is InChI=1S/C13H15N3O/c1-8-6-11(8)12-15-13(17-16-12)10-4-2-9(7-14)3-5-10/h2-5,8,11H,6-7,14H2,1H3. The Balaban J connectivity index is 1.85. The summed E-state index contributed by atoms with van der Waals surface area (Å²) in [6.07, 6.45) is 1.17. The van der Waals surface area contributed by atoms with E-state index in [2.05, 4.69) is 17.1 Å². The predicted octanol–water partition coefficient (Wildman–Crippen LogP) is 2.32. The fraction of sp³-hybridized carbons (Fsp3) is 0.385. The third-order valence-corrected chi connectivity index (χ3v) is 3.32. The molecule has 17 heavy (non-hydrogen) atoms. The Labute approximate surface area is 99.8 Å². The molecule has 1 aromatic heterocycles. The summed E-state index contributed by atoms with van der Waals surface area (Å²) in [4.78, 5) is 4.44. The minimum atomic E-state index is 0.496. The molecule has 4 heteroatoms. The minimum absolute atomic E-state index is 0.496. The molecule has 88 valence electrons. The van der Waals surface area contributed by atoms with Gasteiger partial charge in [0, 0.05) is 18.0 Å². The van der Waals surface area contributed by atoms with Gasteiger partial charge in [0.05, 0.1) is 0 Å². The van der Waals surface area contributed by atoms with Crippen molar-refractivity contribution in [3.63, 3.8) is 0 Å². The van der Waals surface area contributed by atoms with E-state index in [0.717, 1.165) is 17.0 Å². The molecular formula is C13H15N3O. The van der Waals surface area contributed by atoms with E-state index in [1.807, 2.05) is 24.3 Å². The van der Waals surface area contributed by atoms with Crippen LogP contribution in [-0.2, 0) is 6.54 Å². The minimum Gasteiger partial charge on any atom is -0.334 e. The molecule has 1 saturated carbocycles. The first-order valence-electron chi connectivity index (χ1n) is 5.91. The number of aromatic nitrogens is 2. The second-order valence-corrected chi connectivity index (χ2v) is 4.68. The van der Waals surface area contributed by atoms with Crippen molar-refractivity contribution in [1.29, 1.82) is 0 Å². The Morgan fingerprint density at radius 2 is 2.06 bits per heavy atom. The Kier molecular flexibility index (Phi) is 2.44. The molecule has 1 aromatic carbocycles. The topological polar surface area (TPSA) is 64.9 Å². The number of nitrogens with zero attached hydrogens (tertiary/aromatic N) is 2. The smallest absolute Gasteiger partial charge is 0.257 e. The monoisotopic (exact) mass is 229 g/mol. The molecule has 2 N–H and O–H groups in total. The Morgan fingerprint density at radius 3 is 2.65 bits per heavy atom. The molecule has 1 heterocycles. The van der Waals surface area contributed by atoms with Crippen molar-refractivity contribution in [3.05, 3.63) is 35.7 Å². The third kappa shape index (κ3) is 1.96. The second-order valence-electron chi connectivity index (χ2n) is 4.68. The van der Waals surface area contributed by atoms with E-state index in [1.165, 1.54) is 6.42 Å². The number of nitrogens with two attached hydrogens (primary N) is 1. The predicted molar refractivity (Wildman–Crippen MR) is 64.1 cm³/mol. The third-order valence-electron chi connectivity index (χ3n) is 3.32. The number of hydrogen-bond acceptors (Lipinski definition) is 4. The van der Waals surface area contributed by atoms with Gasteiger partial charge >= 0.3 is 0 Å². The summed E-state index contributed by atoms with van der Waals surface area (Å²) in [5.41, 5.74) is 7.61. The molecule has 1 fully saturated rings. The summed E-state index contributed by atoms with van der Waals surface area (Å²) in [5.74, 6) is 2.63. The zero-order valence-corrected chi connectivity index (χ0v) is 9.76. The van der Waals surface area contributed by atoms with Gasteiger partial charge in [-0.1, -0.05) is 24.2 Å². The van der Waals surface area contributed by atoms with Gasteiger partial charge < -0.3 is 10.3 Å². The highest BCUT2D eigenvalue weighted by molar-refractivity contribution is 5.53. The first-order chi connectivity index (χ1) is 8.28. The molecule has 0 bridgehead atoms. The van der Waals surface area contributed by atoms with E-state index in [1.54, 1.807) is 0 Å². The molecule has 2 unspecified atom stereocenters. The van der Waals surface area contributed by atoms with Crippen LogP contribution < -0.4 is 5.73 Å². The Morgan fingerprint density at radius 1 is 1.35 bits per heavy atom. The highest BCUT2D eigenvalue weighted by atomic mass is 16.5. The van der Waals surface area contributed by atoms with Crippen molar-refractivity contribution in [2.24, 2.45) is 11.7 Å². The molecule has 1 aliphatic rings. The number of rotatable bonds is 3. The average molecular weight is 229 g/mol. The summed E-state index contributed by atoms with van der Waals surface area (Å²) < 4.78 is 5.28. The van der Waals surface area contributed by atoms with Gasteiger partial charge in [0.2, 0.25) is 0 Å². The van der Waals surface area contributed by atoms with Crippen LogP contribution in [0.4, 0.5) is 0 Å². The lowest BCUT2D eigenvalue weighted by molar-refractivity contribution is 0.422. The van der Waals surface area contributed by atoms with Gasteiger partial charge in [0.1, 0.15) is 0 Å². The summed E-state index contributed by atoms with van der Waals surface area (Å²) in [6.45, 7) is 2.76. The van der Waals surface area contributed by atoms with E-state index in [4.69, 9.17) is 10.3 Å². The van der Waals surface area contributed by atoms with E-state index in [-0.39, 0.29) is 0 Å². The summed E-state index contributed by atoms with van der Waals surface area (Å²) in [7, 11) is 0. The van der Waals surface area contributed by atoms with E-state index >= 15 is 0 Å². The molecule has 2 aromatic rings. The molecule has 3 rings (SSSR count). The van der Waals surface area contributed by atoms with Crippen LogP contribution in [-0.4, -0.2) is 10.1 Å². The van der Waals surface area contributed by atoms with Crippen molar-refractivity contribution in [2.45, 2.75) is 25.8 Å². The van der Waals surface area contributed by atoms with Gasteiger partial charge in [-0.05, 0) is 30.0 Å². The van der Waals surface area contributed by atoms with Crippen LogP contribution >= 0.6 is 0 Å². The molecule has 0 saturated heterocycles. The van der Waals surface area contributed by atoms with Gasteiger partial charge in [0.25, 0.3) is 5.89 Å². The molecule has 4 nitrogen and oxygen atoms in total. The first-order valence-corrected chi connectivity index (χ1v) is 5.91.